The molecule has 0 spiro atoms. The fourth-order valence-electron chi connectivity index (χ4n) is 0.888. The number of rotatable bonds is 4. The van der Waals surface area contributed by atoms with Crippen LogP contribution in [0.2, 0.25) is 0 Å². The Morgan fingerprint density at radius 2 is 1.90 bits per heavy atom. The van der Waals surface area contributed by atoms with Gasteiger partial charge >= 0.3 is 0 Å². The smallest absolute Gasteiger partial charge is 0.0244 e. The fraction of sp³-hybridized carbons (Fsp3) is 1.00. The maximum Gasteiger partial charge on any atom is 0.0244 e. The third kappa shape index (κ3) is 4.29. The molecule has 0 aliphatic rings. The Kier molecular flexibility index (Phi) is 5.36. The molecule has 62 valence electrons. The van der Waals surface area contributed by atoms with Crippen LogP contribution in [0.1, 0.15) is 27.2 Å². The Labute approximate surface area is 72.9 Å². The maximum atomic E-state index is 3.53. The Morgan fingerprint density at radius 1 is 1.40 bits per heavy atom. The van der Waals surface area contributed by atoms with E-state index in [9.17, 15) is 0 Å². The molecule has 0 aliphatic carbocycles. The number of hydrogen-bond acceptors (Lipinski definition) is 1. The topological polar surface area (TPSA) is 3.24 Å². The molecule has 2 atom stereocenters. The normalized spacial score (nSPS) is 17.4. The summed E-state index contributed by atoms with van der Waals surface area (Å²) in [6.45, 7) is 7.79. The zero-order valence-corrected chi connectivity index (χ0v) is 8.98. The first-order valence-corrected chi connectivity index (χ1v) is 4.83. The lowest BCUT2D eigenvalue weighted by Crippen LogP contribution is -2.32. The van der Waals surface area contributed by atoms with E-state index in [4.69, 9.17) is 0 Å². The van der Waals surface area contributed by atoms with Gasteiger partial charge in [0.1, 0.15) is 0 Å². The van der Waals surface area contributed by atoms with Gasteiger partial charge in [0.25, 0.3) is 0 Å². The van der Waals surface area contributed by atoms with Gasteiger partial charge in [0.2, 0.25) is 0 Å². The average molecular weight is 208 g/mol. The number of hydrogen-bond donors (Lipinski definition) is 0. The van der Waals surface area contributed by atoms with Crippen molar-refractivity contribution in [1.29, 1.82) is 0 Å². The highest BCUT2D eigenvalue weighted by Gasteiger charge is 2.07. The molecule has 1 nitrogen and oxygen atoms in total. The molecule has 0 fully saturated rings. The number of nitrogens with zero attached hydrogens (tertiary/aromatic N) is 1. The first-order chi connectivity index (χ1) is 4.57. The molecule has 0 aromatic carbocycles. The van der Waals surface area contributed by atoms with Crippen molar-refractivity contribution in [1.82, 2.24) is 4.90 Å². The Hall–Kier alpha value is 0.440. The summed E-state index contributed by atoms with van der Waals surface area (Å²) in [4.78, 5) is 2.98. The summed E-state index contributed by atoms with van der Waals surface area (Å²) in [6, 6.07) is 0.708. The Bertz CT molecular complexity index is 83.3. The van der Waals surface area contributed by atoms with Crippen LogP contribution >= 0.6 is 15.9 Å². The van der Waals surface area contributed by atoms with Crippen molar-refractivity contribution in [2.45, 2.75) is 38.1 Å². The number of alkyl halides is 1. The Morgan fingerprint density at radius 3 is 2.20 bits per heavy atom. The van der Waals surface area contributed by atoms with Crippen molar-refractivity contribution in [2.24, 2.45) is 0 Å². The zero-order valence-electron chi connectivity index (χ0n) is 7.39. The third-order valence-electron chi connectivity index (χ3n) is 1.88. The highest BCUT2D eigenvalue weighted by atomic mass is 79.9. The molecule has 10 heavy (non-hydrogen) atoms. The lowest BCUT2D eigenvalue weighted by molar-refractivity contribution is 0.256. The van der Waals surface area contributed by atoms with Crippen molar-refractivity contribution >= 4 is 15.9 Å². The average Bonchev–Trinajstić information content (AvgIpc) is 1.85. The SMILES string of the molecule is CCC(C)N(C)CC(C)Br. The minimum absolute atomic E-state index is 0.603. The van der Waals surface area contributed by atoms with Gasteiger partial charge in [0, 0.05) is 17.4 Å². The van der Waals surface area contributed by atoms with Crippen molar-refractivity contribution in [3.63, 3.8) is 0 Å². The second-order valence-electron chi connectivity index (χ2n) is 2.98. The van der Waals surface area contributed by atoms with Crippen LogP contribution < -0.4 is 0 Å². The van der Waals surface area contributed by atoms with Gasteiger partial charge in [0.05, 0.1) is 0 Å². The van der Waals surface area contributed by atoms with Gasteiger partial charge < -0.3 is 4.90 Å². The van der Waals surface area contributed by atoms with E-state index in [2.05, 4.69) is 48.6 Å². The molecule has 2 heteroatoms. The lowest BCUT2D eigenvalue weighted by Gasteiger charge is -2.24. The second kappa shape index (κ2) is 5.14. The molecule has 0 saturated carbocycles. The van der Waals surface area contributed by atoms with Gasteiger partial charge in [-0.15, -0.1) is 0 Å². The summed E-state index contributed by atoms with van der Waals surface area (Å²) in [5, 5.41) is 0. The van der Waals surface area contributed by atoms with Crippen LogP contribution in [0.5, 0.6) is 0 Å². The molecule has 0 aromatic rings. The number of halogens is 1. The van der Waals surface area contributed by atoms with Gasteiger partial charge in [-0.1, -0.05) is 29.8 Å². The molecule has 0 aromatic heterocycles. The summed E-state index contributed by atoms with van der Waals surface area (Å²) in [6.07, 6.45) is 1.23. The van der Waals surface area contributed by atoms with E-state index >= 15 is 0 Å². The molecule has 0 bridgehead atoms. The van der Waals surface area contributed by atoms with Crippen LogP contribution in [0.15, 0.2) is 0 Å². The first-order valence-electron chi connectivity index (χ1n) is 3.92. The van der Waals surface area contributed by atoms with Gasteiger partial charge in [-0.25, -0.2) is 0 Å². The van der Waals surface area contributed by atoms with Crippen molar-refractivity contribution < 1.29 is 0 Å². The standard InChI is InChI=1S/C8H18BrN/c1-5-8(3)10(4)6-7(2)9/h7-8H,5-6H2,1-4H3. The Balaban J connectivity index is 3.50. The fourth-order valence-corrected chi connectivity index (χ4v) is 1.35. The largest absolute Gasteiger partial charge is 0.303 e. The zero-order chi connectivity index (χ0) is 8.15. The van der Waals surface area contributed by atoms with E-state index < -0.39 is 0 Å². The summed E-state index contributed by atoms with van der Waals surface area (Å²) in [5.74, 6) is 0. The lowest BCUT2D eigenvalue weighted by atomic mass is 10.2. The molecule has 2 unspecified atom stereocenters. The van der Waals surface area contributed by atoms with Crippen LogP contribution in [-0.2, 0) is 0 Å². The quantitative estimate of drug-likeness (QED) is 0.641. The molecule has 0 N–H and O–H groups in total. The minimum atomic E-state index is 0.603. The van der Waals surface area contributed by atoms with E-state index in [1.54, 1.807) is 0 Å². The molecule has 0 rings (SSSR count). The molecule has 0 heterocycles. The van der Waals surface area contributed by atoms with Gasteiger partial charge in [-0.3, -0.25) is 0 Å². The highest BCUT2D eigenvalue weighted by molar-refractivity contribution is 9.09. The van der Waals surface area contributed by atoms with Crippen LogP contribution in [0.25, 0.3) is 0 Å². The molecule has 0 aliphatic heterocycles. The van der Waals surface area contributed by atoms with Crippen molar-refractivity contribution in [3.05, 3.63) is 0 Å². The van der Waals surface area contributed by atoms with E-state index in [1.807, 2.05) is 0 Å². The van der Waals surface area contributed by atoms with E-state index in [0.29, 0.717) is 10.9 Å². The van der Waals surface area contributed by atoms with Crippen LogP contribution in [0.4, 0.5) is 0 Å². The predicted molar refractivity (Wildman–Crippen MR) is 50.8 cm³/mol. The summed E-state index contributed by atoms with van der Waals surface area (Å²) in [7, 11) is 2.17. The molecule has 0 radical (unpaired) electrons. The van der Waals surface area contributed by atoms with E-state index in [0.717, 1.165) is 6.54 Å². The minimum Gasteiger partial charge on any atom is -0.303 e. The summed E-state index contributed by atoms with van der Waals surface area (Å²) in [5.41, 5.74) is 0. The van der Waals surface area contributed by atoms with Gasteiger partial charge in [-0.2, -0.15) is 0 Å². The summed E-state index contributed by atoms with van der Waals surface area (Å²) >= 11 is 3.53. The molecular weight excluding hydrogens is 190 g/mol. The van der Waals surface area contributed by atoms with Crippen molar-refractivity contribution in [2.75, 3.05) is 13.6 Å². The third-order valence-corrected chi connectivity index (χ3v) is 2.17. The maximum absolute atomic E-state index is 3.53. The van der Waals surface area contributed by atoms with E-state index in [-0.39, 0.29) is 0 Å². The van der Waals surface area contributed by atoms with Crippen molar-refractivity contribution in [3.8, 4) is 0 Å². The predicted octanol–water partition coefficient (Wildman–Crippen LogP) is 2.50. The second-order valence-corrected chi connectivity index (χ2v) is 4.54. The monoisotopic (exact) mass is 207 g/mol. The molecule has 0 amide bonds. The van der Waals surface area contributed by atoms with E-state index in [1.165, 1.54) is 6.42 Å². The molecular formula is C8H18BrN. The van der Waals surface area contributed by atoms with Gasteiger partial charge in [-0.05, 0) is 20.4 Å². The first kappa shape index (κ1) is 10.4. The summed E-state index contributed by atoms with van der Waals surface area (Å²) < 4.78 is 0. The van der Waals surface area contributed by atoms with Crippen LogP contribution in [0.3, 0.4) is 0 Å². The van der Waals surface area contributed by atoms with Gasteiger partial charge in [0.15, 0.2) is 0 Å². The van der Waals surface area contributed by atoms with Crippen LogP contribution in [-0.4, -0.2) is 29.4 Å². The highest BCUT2D eigenvalue weighted by Crippen LogP contribution is 2.05. The van der Waals surface area contributed by atoms with Crippen LogP contribution in [0, 0.1) is 0 Å². The molecule has 0 saturated heterocycles.